The first-order valence-corrected chi connectivity index (χ1v) is 13.6. The number of carbonyl (C=O) groups is 1. The van der Waals surface area contributed by atoms with Gasteiger partial charge in [-0.2, -0.15) is 5.10 Å². The van der Waals surface area contributed by atoms with Crippen LogP contribution in [0.3, 0.4) is 0 Å². The van der Waals surface area contributed by atoms with Gasteiger partial charge in [-0.05, 0) is 42.8 Å². The van der Waals surface area contributed by atoms with Gasteiger partial charge in [0, 0.05) is 58.6 Å². The van der Waals surface area contributed by atoms with Crippen LogP contribution in [0.15, 0.2) is 60.9 Å². The Balaban J connectivity index is 1.43. The van der Waals surface area contributed by atoms with E-state index in [2.05, 4.69) is 10.00 Å². The topological polar surface area (TPSA) is 98.5 Å². The summed E-state index contributed by atoms with van der Waals surface area (Å²) in [6.07, 6.45) is 4.50. The summed E-state index contributed by atoms with van der Waals surface area (Å²) in [6.45, 7) is 5.44. The second-order valence-corrected chi connectivity index (χ2v) is 10.2. The molecule has 0 radical (unpaired) electrons. The Hall–Kier alpha value is -3.60. The molecule has 4 rings (SSSR count). The first-order chi connectivity index (χ1) is 19.4. The average Bonchev–Trinajstić information content (AvgIpc) is 3.41. The van der Waals surface area contributed by atoms with Gasteiger partial charge >= 0.3 is 0 Å². The summed E-state index contributed by atoms with van der Waals surface area (Å²) in [5.41, 5.74) is 0.869. The zero-order chi connectivity index (χ0) is 28.4. The quantitative estimate of drug-likeness (QED) is 0.324. The number of benzene rings is 2. The second-order valence-electron chi connectivity index (χ2n) is 10.2. The summed E-state index contributed by atoms with van der Waals surface area (Å²) in [4.78, 5) is 16.5. The molecule has 2 heterocycles. The van der Waals surface area contributed by atoms with Crippen molar-refractivity contribution in [1.82, 2.24) is 19.6 Å². The predicted octanol–water partition coefficient (Wildman–Crippen LogP) is 2.77. The van der Waals surface area contributed by atoms with Crippen LogP contribution in [0.25, 0.3) is 0 Å². The number of rotatable bonds is 13. The van der Waals surface area contributed by atoms with E-state index in [-0.39, 0.29) is 25.7 Å². The Morgan fingerprint density at radius 1 is 1.05 bits per heavy atom. The molecule has 2 aromatic carbocycles. The van der Waals surface area contributed by atoms with E-state index >= 15 is 0 Å². The molecule has 0 bridgehead atoms. The van der Waals surface area contributed by atoms with E-state index in [0.717, 1.165) is 24.1 Å². The van der Waals surface area contributed by atoms with Crippen LogP contribution in [0.1, 0.15) is 17.5 Å². The minimum absolute atomic E-state index is 0.0333. The minimum Gasteiger partial charge on any atom is -0.493 e. The lowest BCUT2D eigenvalue weighted by Gasteiger charge is -2.33. The molecule has 1 unspecified atom stereocenters. The summed E-state index contributed by atoms with van der Waals surface area (Å²) in [5, 5.41) is 15.9. The van der Waals surface area contributed by atoms with Crippen molar-refractivity contribution in [2.75, 3.05) is 60.2 Å². The van der Waals surface area contributed by atoms with Crippen LogP contribution in [0.5, 0.6) is 17.2 Å². The minimum atomic E-state index is -1.27. The number of methoxy groups -OCH3 is 2. The monoisotopic (exact) mass is 552 g/mol. The largest absolute Gasteiger partial charge is 0.493 e. The molecule has 1 aliphatic heterocycles. The molecule has 1 aromatic heterocycles. The van der Waals surface area contributed by atoms with E-state index in [1.165, 1.54) is 7.11 Å². The van der Waals surface area contributed by atoms with Gasteiger partial charge in [-0.25, -0.2) is 0 Å². The van der Waals surface area contributed by atoms with Crippen molar-refractivity contribution in [3.05, 3.63) is 72.1 Å². The molecule has 0 spiro atoms. The summed E-state index contributed by atoms with van der Waals surface area (Å²) < 4.78 is 24.5. The highest BCUT2D eigenvalue weighted by molar-refractivity contribution is 5.77. The molecule has 216 valence electrons. The lowest BCUT2D eigenvalue weighted by atomic mass is 10.0. The van der Waals surface area contributed by atoms with Gasteiger partial charge < -0.3 is 29.0 Å². The number of hydrogen-bond acceptors (Lipinski definition) is 8. The van der Waals surface area contributed by atoms with Gasteiger partial charge in [-0.15, -0.1) is 0 Å². The Kier molecular flexibility index (Phi) is 10.4. The SMILES string of the molecule is COCC(=O)N1CCN(Cc2ccc(OC)c(OCCCn3cccn3)c2)CC(O)(COc2ccc(C)cc2)C1. The van der Waals surface area contributed by atoms with Crippen LogP contribution in [-0.2, 0) is 22.6 Å². The highest BCUT2D eigenvalue weighted by Gasteiger charge is 2.37. The maximum absolute atomic E-state index is 12.7. The fraction of sp³-hybridized carbons (Fsp3) is 0.467. The molecule has 1 amide bonds. The van der Waals surface area contributed by atoms with Gasteiger partial charge in [0.15, 0.2) is 11.5 Å². The summed E-state index contributed by atoms with van der Waals surface area (Å²) in [7, 11) is 3.12. The molecule has 10 nitrogen and oxygen atoms in total. The molecular formula is C30H40N4O6. The maximum Gasteiger partial charge on any atom is 0.248 e. The van der Waals surface area contributed by atoms with Crippen LogP contribution in [0.4, 0.5) is 0 Å². The van der Waals surface area contributed by atoms with Crippen LogP contribution in [-0.4, -0.2) is 96.4 Å². The lowest BCUT2D eigenvalue weighted by Crippen LogP contribution is -2.52. The van der Waals surface area contributed by atoms with Gasteiger partial charge in [0.25, 0.3) is 0 Å². The molecule has 1 fully saturated rings. The number of β-amino-alcohol motifs (C(OH)–C–C–N with tert-alkyl or cyclic N) is 1. The molecule has 1 aliphatic rings. The van der Waals surface area contributed by atoms with Gasteiger partial charge in [0.1, 0.15) is 24.6 Å². The summed E-state index contributed by atoms with van der Waals surface area (Å²) in [5.74, 6) is 1.85. The van der Waals surface area contributed by atoms with E-state index in [4.69, 9.17) is 18.9 Å². The third-order valence-electron chi connectivity index (χ3n) is 6.82. The van der Waals surface area contributed by atoms with Crippen molar-refractivity contribution >= 4 is 5.91 Å². The standard InChI is InChI=1S/C30H40N4O6/c1-24-6-9-26(10-7-24)40-23-30(36)21-32(15-16-33(22-30)29(35)20-37-2)19-25-8-11-27(38-3)28(18-25)39-17-5-14-34-13-4-12-31-34/h4,6-13,18,36H,5,14-17,19-23H2,1-3H3. The van der Waals surface area contributed by atoms with E-state index in [1.807, 2.05) is 66.3 Å². The number of nitrogens with zero attached hydrogens (tertiary/aromatic N) is 4. The fourth-order valence-electron chi connectivity index (χ4n) is 4.78. The average molecular weight is 553 g/mol. The zero-order valence-electron chi connectivity index (χ0n) is 23.6. The van der Waals surface area contributed by atoms with Crippen molar-refractivity contribution in [2.45, 2.75) is 32.0 Å². The molecule has 40 heavy (non-hydrogen) atoms. The third-order valence-corrected chi connectivity index (χ3v) is 6.82. The van der Waals surface area contributed by atoms with Gasteiger partial charge in [0.2, 0.25) is 5.91 Å². The zero-order valence-corrected chi connectivity index (χ0v) is 23.6. The van der Waals surface area contributed by atoms with E-state index in [0.29, 0.717) is 50.0 Å². The fourth-order valence-corrected chi connectivity index (χ4v) is 4.78. The van der Waals surface area contributed by atoms with Gasteiger partial charge in [0.05, 0.1) is 20.3 Å². The number of hydrogen-bond donors (Lipinski definition) is 1. The Morgan fingerprint density at radius 2 is 1.88 bits per heavy atom. The lowest BCUT2D eigenvalue weighted by molar-refractivity contribution is -0.138. The molecular weight excluding hydrogens is 512 g/mol. The van der Waals surface area contributed by atoms with E-state index in [9.17, 15) is 9.90 Å². The van der Waals surface area contributed by atoms with E-state index < -0.39 is 5.60 Å². The van der Waals surface area contributed by atoms with Gasteiger partial charge in [-0.3, -0.25) is 14.4 Å². The van der Waals surface area contributed by atoms with Crippen LogP contribution in [0, 0.1) is 6.92 Å². The number of aryl methyl sites for hydroxylation is 2. The Bertz CT molecular complexity index is 1200. The highest BCUT2D eigenvalue weighted by atomic mass is 16.5. The molecule has 1 saturated heterocycles. The Morgan fingerprint density at radius 3 is 2.60 bits per heavy atom. The van der Waals surface area contributed by atoms with Crippen molar-refractivity contribution in [2.24, 2.45) is 0 Å². The molecule has 10 heteroatoms. The smallest absolute Gasteiger partial charge is 0.248 e. The molecule has 1 atom stereocenters. The molecule has 0 aliphatic carbocycles. The number of ether oxygens (including phenoxy) is 4. The first-order valence-electron chi connectivity index (χ1n) is 13.6. The van der Waals surface area contributed by atoms with Crippen molar-refractivity contribution in [3.63, 3.8) is 0 Å². The Labute approximate surface area is 236 Å². The highest BCUT2D eigenvalue weighted by Crippen LogP contribution is 2.29. The summed E-state index contributed by atoms with van der Waals surface area (Å²) in [6, 6.07) is 15.5. The van der Waals surface area contributed by atoms with E-state index in [1.54, 1.807) is 18.2 Å². The van der Waals surface area contributed by atoms with Crippen molar-refractivity contribution in [3.8, 4) is 17.2 Å². The van der Waals surface area contributed by atoms with Crippen LogP contribution in [0.2, 0.25) is 0 Å². The number of aromatic nitrogens is 2. The first kappa shape index (κ1) is 29.4. The molecule has 0 saturated carbocycles. The molecule has 1 N–H and O–H groups in total. The van der Waals surface area contributed by atoms with Crippen molar-refractivity contribution in [1.29, 1.82) is 0 Å². The van der Waals surface area contributed by atoms with Gasteiger partial charge in [-0.1, -0.05) is 23.8 Å². The maximum atomic E-state index is 12.7. The normalized spacial score (nSPS) is 17.9. The third kappa shape index (κ3) is 8.45. The van der Waals surface area contributed by atoms with Crippen LogP contribution >= 0.6 is 0 Å². The number of carbonyl (C=O) groups excluding carboxylic acids is 1. The number of amides is 1. The van der Waals surface area contributed by atoms with Crippen molar-refractivity contribution < 1.29 is 28.8 Å². The molecule has 3 aromatic rings. The number of aliphatic hydroxyl groups is 1. The van der Waals surface area contributed by atoms with Crippen LogP contribution < -0.4 is 14.2 Å². The second kappa shape index (κ2) is 14.2. The predicted molar refractivity (Wildman–Crippen MR) is 151 cm³/mol. The summed E-state index contributed by atoms with van der Waals surface area (Å²) >= 11 is 0.